The molecule has 0 saturated carbocycles. The second kappa shape index (κ2) is 15.0. The number of amides is 4. The smallest absolute Gasteiger partial charge is 0.407 e. The topological polar surface area (TPSA) is 217 Å². The molecule has 0 aliphatic heterocycles. The minimum Gasteiger partial charge on any atom is -0.480 e. The van der Waals surface area contributed by atoms with Crippen LogP contribution in [-0.2, 0) is 47.1 Å². The molecule has 2 aromatic rings. The van der Waals surface area contributed by atoms with Gasteiger partial charge >= 0.3 is 12.1 Å². The van der Waals surface area contributed by atoms with E-state index >= 15 is 0 Å². The number of carbonyl (C=O) groups excluding carboxylic acids is 4. The van der Waals surface area contributed by atoms with E-state index in [2.05, 4.69) is 16.0 Å². The Kier molecular flexibility index (Phi) is 11.8. The van der Waals surface area contributed by atoms with E-state index in [0.29, 0.717) is 5.56 Å². The molecule has 0 bridgehead atoms. The van der Waals surface area contributed by atoms with Gasteiger partial charge in [-0.15, -0.1) is 0 Å². The number of rotatable bonds is 14. The minimum absolute atomic E-state index is 0.00542. The van der Waals surface area contributed by atoms with Gasteiger partial charge in [-0.1, -0.05) is 60.7 Å². The highest BCUT2D eigenvalue weighted by molar-refractivity contribution is 7.85. The number of carboxylic acids is 1. The summed E-state index contributed by atoms with van der Waals surface area (Å²) in [6, 6.07) is 13.8. The summed E-state index contributed by atoms with van der Waals surface area (Å²) in [5.74, 6) is -5.58. The second-order valence-electron chi connectivity index (χ2n) is 8.15. The van der Waals surface area contributed by atoms with Gasteiger partial charge in [0.05, 0.1) is 6.54 Å². The van der Waals surface area contributed by atoms with E-state index in [-0.39, 0.29) is 13.0 Å². The van der Waals surface area contributed by atoms with Crippen LogP contribution in [0.5, 0.6) is 0 Å². The first-order chi connectivity index (χ1) is 18.4. The Balaban J connectivity index is 1.89. The highest BCUT2D eigenvalue weighted by atomic mass is 32.2. The zero-order valence-electron chi connectivity index (χ0n) is 20.5. The molecule has 0 aromatic heterocycles. The molecule has 15 heteroatoms. The van der Waals surface area contributed by atoms with Crippen molar-refractivity contribution in [3.05, 3.63) is 71.8 Å². The maximum Gasteiger partial charge on any atom is 0.407 e. The number of hydrogen-bond donors (Lipinski definition) is 6. The van der Waals surface area contributed by atoms with E-state index in [4.69, 9.17) is 9.29 Å². The van der Waals surface area contributed by atoms with Crippen LogP contribution in [0.4, 0.5) is 4.79 Å². The fraction of sp³-hybridized carbons (Fsp3) is 0.292. The van der Waals surface area contributed by atoms with Crippen LogP contribution in [0.3, 0.4) is 0 Å². The van der Waals surface area contributed by atoms with Crippen LogP contribution >= 0.6 is 0 Å². The van der Waals surface area contributed by atoms with Gasteiger partial charge in [0.2, 0.25) is 17.7 Å². The Morgan fingerprint density at radius 1 is 0.769 bits per heavy atom. The summed E-state index contributed by atoms with van der Waals surface area (Å²) in [6.07, 6.45) is -0.949. The largest absolute Gasteiger partial charge is 0.480 e. The van der Waals surface area contributed by atoms with Gasteiger partial charge in [-0.2, -0.15) is 8.42 Å². The molecule has 2 rings (SSSR count). The summed E-state index contributed by atoms with van der Waals surface area (Å²) in [5, 5.41) is 18.0. The third kappa shape index (κ3) is 12.5. The van der Waals surface area contributed by atoms with Crippen LogP contribution in [0.1, 0.15) is 11.1 Å². The van der Waals surface area contributed by atoms with Gasteiger partial charge in [0, 0.05) is 6.42 Å². The molecule has 210 valence electrons. The number of benzene rings is 2. The van der Waals surface area contributed by atoms with Crippen molar-refractivity contribution in [1.29, 1.82) is 0 Å². The molecular weight excluding hydrogens is 536 g/mol. The highest BCUT2D eigenvalue weighted by Crippen LogP contribution is 2.05. The van der Waals surface area contributed by atoms with Gasteiger partial charge in [0.1, 0.15) is 31.0 Å². The molecule has 2 aromatic carbocycles. The summed E-state index contributed by atoms with van der Waals surface area (Å²) in [5.41, 5.74) is 1.33. The minimum atomic E-state index is -4.74. The number of aliphatic carboxylic acids is 1. The Morgan fingerprint density at radius 3 is 1.90 bits per heavy atom. The van der Waals surface area contributed by atoms with Crippen molar-refractivity contribution in [2.24, 2.45) is 0 Å². The zero-order chi connectivity index (χ0) is 28.8. The van der Waals surface area contributed by atoms with E-state index in [0.717, 1.165) is 5.56 Å². The Bertz CT molecular complexity index is 1260. The first kappa shape index (κ1) is 30.7. The SMILES string of the molecule is O=C(CNC(=O)OCc1ccccc1)NCC(=O)N[C@@H](Cc1ccccc1)C(=O)N[C@@H](CS(=O)(=O)O)C(=O)O. The molecule has 0 aliphatic rings. The lowest BCUT2D eigenvalue weighted by atomic mass is 10.0. The fourth-order valence-corrected chi connectivity index (χ4v) is 3.78. The lowest BCUT2D eigenvalue weighted by Gasteiger charge is -2.21. The maximum absolute atomic E-state index is 12.7. The summed E-state index contributed by atoms with van der Waals surface area (Å²) in [6.45, 7) is -1.09. The predicted octanol–water partition coefficient (Wildman–Crippen LogP) is -0.786. The molecule has 2 atom stereocenters. The van der Waals surface area contributed by atoms with Crippen molar-refractivity contribution in [1.82, 2.24) is 21.3 Å². The van der Waals surface area contributed by atoms with Crippen LogP contribution in [0.2, 0.25) is 0 Å². The first-order valence-electron chi connectivity index (χ1n) is 11.5. The average Bonchev–Trinajstić information content (AvgIpc) is 2.89. The molecule has 0 radical (unpaired) electrons. The summed E-state index contributed by atoms with van der Waals surface area (Å²) >= 11 is 0. The number of alkyl carbamates (subject to hydrolysis) is 1. The Labute approximate surface area is 223 Å². The van der Waals surface area contributed by atoms with Crippen LogP contribution in [0.15, 0.2) is 60.7 Å². The molecule has 0 unspecified atom stereocenters. The zero-order valence-corrected chi connectivity index (χ0v) is 21.3. The van der Waals surface area contributed by atoms with E-state index in [1.165, 1.54) is 0 Å². The van der Waals surface area contributed by atoms with Crippen molar-refractivity contribution in [3.8, 4) is 0 Å². The van der Waals surface area contributed by atoms with E-state index in [1.807, 2.05) is 5.32 Å². The van der Waals surface area contributed by atoms with Crippen LogP contribution in [0.25, 0.3) is 0 Å². The molecule has 4 amide bonds. The van der Waals surface area contributed by atoms with Gasteiger partial charge in [-0.05, 0) is 11.1 Å². The van der Waals surface area contributed by atoms with Crippen molar-refractivity contribution in [2.45, 2.75) is 25.1 Å². The first-order valence-corrected chi connectivity index (χ1v) is 13.1. The summed E-state index contributed by atoms with van der Waals surface area (Å²) < 4.78 is 36.2. The highest BCUT2D eigenvalue weighted by Gasteiger charge is 2.30. The van der Waals surface area contributed by atoms with E-state index < -0.39 is 70.8 Å². The van der Waals surface area contributed by atoms with E-state index in [1.54, 1.807) is 60.7 Å². The van der Waals surface area contributed by atoms with E-state index in [9.17, 15) is 37.5 Å². The third-order valence-corrected chi connectivity index (χ3v) is 5.73. The van der Waals surface area contributed by atoms with Crippen molar-refractivity contribution < 1.29 is 46.8 Å². The third-order valence-electron chi connectivity index (χ3n) is 4.98. The van der Waals surface area contributed by atoms with Crippen molar-refractivity contribution in [3.63, 3.8) is 0 Å². The molecule has 0 aliphatic carbocycles. The number of nitrogens with one attached hydrogen (secondary N) is 4. The molecule has 0 fully saturated rings. The quantitative estimate of drug-likeness (QED) is 0.157. The molecule has 39 heavy (non-hydrogen) atoms. The van der Waals surface area contributed by atoms with Crippen molar-refractivity contribution in [2.75, 3.05) is 18.8 Å². The monoisotopic (exact) mass is 564 g/mol. The second-order valence-corrected chi connectivity index (χ2v) is 9.65. The lowest BCUT2D eigenvalue weighted by Crippen LogP contribution is -2.55. The molecule has 14 nitrogen and oxygen atoms in total. The van der Waals surface area contributed by atoms with Gasteiger partial charge in [-0.3, -0.25) is 18.9 Å². The number of carbonyl (C=O) groups is 5. The number of hydrogen-bond acceptors (Lipinski definition) is 8. The Hall–Kier alpha value is -4.50. The predicted molar refractivity (Wildman–Crippen MR) is 136 cm³/mol. The molecule has 0 spiro atoms. The molecule has 0 heterocycles. The average molecular weight is 565 g/mol. The maximum atomic E-state index is 12.7. The standard InChI is InChI=1S/C24H28N4O10S/c29-20(12-26-24(34)38-14-17-9-5-2-6-10-17)25-13-21(30)27-18(11-16-7-3-1-4-8-16)22(31)28-19(23(32)33)15-39(35,36)37/h1-10,18-19H,11-15H2,(H,25,29)(H,26,34)(H,27,30)(H,28,31)(H,32,33)(H,35,36,37)/t18-,19-/m0/s1. The molecule has 0 saturated heterocycles. The number of ether oxygens (including phenoxy) is 1. The van der Waals surface area contributed by atoms with Gasteiger partial charge in [0.25, 0.3) is 10.1 Å². The van der Waals surface area contributed by atoms with Gasteiger partial charge in [-0.25, -0.2) is 9.59 Å². The van der Waals surface area contributed by atoms with Crippen LogP contribution in [0, 0.1) is 0 Å². The molecule has 6 N–H and O–H groups in total. The van der Waals surface area contributed by atoms with Crippen LogP contribution in [-0.4, -0.2) is 78.8 Å². The summed E-state index contributed by atoms with van der Waals surface area (Å²) in [4.78, 5) is 60.3. The van der Waals surface area contributed by atoms with Gasteiger partial charge < -0.3 is 31.1 Å². The Morgan fingerprint density at radius 2 is 1.33 bits per heavy atom. The van der Waals surface area contributed by atoms with Crippen molar-refractivity contribution >= 4 is 39.9 Å². The fourth-order valence-electron chi connectivity index (χ4n) is 3.13. The van der Waals surface area contributed by atoms with Crippen LogP contribution < -0.4 is 21.3 Å². The normalized spacial score (nSPS) is 12.3. The van der Waals surface area contributed by atoms with Gasteiger partial charge in [0.15, 0.2) is 0 Å². The summed E-state index contributed by atoms with van der Waals surface area (Å²) in [7, 11) is -4.74. The molecular formula is C24H28N4O10S. The lowest BCUT2D eigenvalue weighted by molar-refractivity contribution is -0.141. The number of carboxylic acid groups (broad SMARTS) is 1.